The van der Waals surface area contributed by atoms with Gasteiger partial charge in [0.25, 0.3) is 0 Å². The number of carbonyl (C=O) groups is 1. The van der Waals surface area contributed by atoms with Crippen LogP contribution in [-0.4, -0.2) is 21.3 Å². The summed E-state index contributed by atoms with van der Waals surface area (Å²) >= 11 is 0. The highest BCUT2D eigenvalue weighted by atomic mass is 16.4. The molecule has 4 heteroatoms. The van der Waals surface area contributed by atoms with E-state index in [-0.39, 0.29) is 11.3 Å². The first-order valence-corrected chi connectivity index (χ1v) is 19.2. The Morgan fingerprint density at radius 3 is 1.06 bits per heavy atom. The van der Waals surface area contributed by atoms with Crippen LogP contribution in [0.2, 0.25) is 0 Å². The number of phenols is 2. The predicted molar refractivity (Wildman–Crippen MR) is 221 cm³/mol. The molecule has 0 bridgehead atoms. The Morgan fingerprint density at radius 1 is 0.471 bits per heavy atom. The summed E-state index contributed by atoms with van der Waals surface area (Å²) in [6.45, 7) is 19.9. The van der Waals surface area contributed by atoms with E-state index in [1.165, 1.54) is 51.5 Å². The molecule has 0 aromatic heterocycles. The number of carboxylic acids is 1. The smallest absolute Gasteiger partial charge is 0.335 e. The third-order valence-corrected chi connectivity index (χ3v) is 9.37. The third-order valence-electron chi connectivity index (χ3n) is 9.37. The SMILES string of the molecule is CC(C)=CCCC(C)=CCCC(C)=CCCC(C)=CCCC(C)=CCCC(C)=CCCC(C)=CCCC(C)=CCc1cc(C(=O)O)cc(O)c1O. The molecule has 0 unspecified atom stereocenters. The lowest BCUT2D eigenvalue weighted by atomic mass is 10.0. The van der Waals surface area contributed by atoms with E-state index >= 15 is 0 Å². The van der Waals surface area contributed by atoms with Crippen LogP contribution in [-0.2, 0) is 6.42 Å². The zero-order valence-corrected chi connectivity index (χ0v) is 33.6. The molecule has 3 N–H and O–H groups in total. The largest absolute Gasteiger partial charge is 0.504 e. The van der Waals surface area contributed by atoms with Crippen LogP contribution < -0.4 is 0 Å². The number of rotatable bonds is 24. The summed E-state index contributed by atoms with van der Waals surface area (Å²) < 4.78 is 0. The second-order valence-corrected chi connectivity index (χ2v) is 14.9. The van der Waals surface area contributed by atoms with Crippen molar-refractivity contribution >= 4 is 5.97 Å². The molecule has 0 atom stereocenters. The second-order valence-electron chi connectivity index (χ2n) is 14.9. The van der Waals surface area contributed by atoms with Crippen molar-refractivity contribution in [3.8, 4) is 11.5 Å². The number of aromatic carboxylic acids is 1. The summed E-state index contributed by atoms with van der Waals surface area (Å²) in [4.78, 5) is 11.3. The molecule has 1 aromatic carbocycles. The number of hydrogen-bond acceptors (Lipinski definition) is 3. The fourth-order valence-electron chi connectivity index (χ4n) is 5.82. The van der Waals surface area contributed by atoms with Gasteiger partial charge in [0.05, 0.1) is 5.56 Å². The minimum Gasteiger partial charge on any atom is -0.504 e. The lowest BCUT2D eigenvalue weighted by Crippen LogP contribution is -1.98. The van der Waals surface area contributed by atoms with Crippen molar-refractivity contribution in [3.05, 3.63) is 116 Å². The van der Waals surface area contributed by atoms with Gasteiger partial charge in [-0.2, -0.15) is 0 Å². The van der Waals surface area contributed by atoms with Crippen LogP contribution in [0.15, 0.2) is 105 Å². The first kappa shape index (κ1) is 45.2. The summed E-state index contributed by atoms with van der Waals surface area (Å²) in [7, 11) is 0. The molecule has 1 aromatic rings. The van der Waals surface area contributed by atoms with Crippen molar-refractivity contribution in [1.82, 2.24) is 0 Å². The fourth-order valence-corrected chi connectivity index (χ4v) is 5.82. The Morgan fingerprint density at radius 2 is 0.765 bits per heavy atom. The van der Waals surface area contributed by atoms with E-state index in [9.17, 15) is 20.1 Å². The molecule has 0 spiro atoms. The molecule has 0 amide bonds. The Bertz CT molecular complexity index is 1480. The molecule has 0 aliphatic rings. The average molecular weight is 699 g/mol. The quantitative estimate of drug-likeness (QED) is 0.0742. The fraction of sp³-hybridized carbons (Fsp3) is 0.511. The minimum atomic E-state index is -1.13. The Balaban J connectivity index is 2.31. The molecule has 0 heterocycles. The van der Waals surface area contributed by atoms with Crippen LogP contribution in [0.25, 0.3) is 0 Å². The van der Waals surface area contributed by atoms with Gasteiger partial charge in [-0.25, -0.2) is 4.79 Å². The van der Waals surface area contributed by atoms with Gasteiger partial charge in [0.1, 0.15) is 0 Å². The van der Waals surface area contributed by atoms with Crippen molar-refractivity contribution in [1.29, 1.82) is 0 Å². The highest BCUT2D eigenvalue weighted by molar-refractivity contribution is 5.89. The van der Waals surface area contributed by atoms with E-state index in [1.54, 1.807) is 0 Å². The van der Waals surface area contributed by atoms with Crippen LogP contribution >= 0.6 is 0 Å². The van der Waals surface area contributed by atoms with Gasteiger partial charge in [-0.1, -0.05) is 93.2 Å². The normalized spacial score (nSPS) is 13.9. The monoisotopic (exact) mass is 699 g/mol. The molecule has 282 valence electrons. The summed E-state index contributed by atoms with van der Waals surface area (Å²) in [6, 6.07) is 2.48. The number of allylic oxidation sites excluding steroid dienone is 16. The van der Waals surface area contributed by atoms with Crippen LogP contribution in [0.5, 0.6) is 11.5 Å². The zero-order chi connectivity index (χ0) is 38.2. The zero-order valence-electron chi connectivity index (χ0n) is 33.6. The van der Waals surface area contributed by atoms with E-state index in [4.69, 9.17) is 0 Å². The van der Waals surface area contributed by atoms with Crippen molar-refractivity contribution < 1.29 is 20.1 Å². The number of benzene rings is 1. The molecule has 1 rings (SSSR count). The van der Waals surface area contributed by atoms with E-state index in [0.29, 0.717) is 12.0 Å². The number of phenolic OH excluding ortho intramolecular Hbond substituents is 2. The summed E-state index contributed by atoms with van der Waals surface area (Å²) in [5.74, 6) is -1.79. The molecule has 0 radical (unpaired) electrons. The molecule has 0 aliphatic heterocycles. The van der Waals surface area contributed by atoms with E-state index < -0.39 is 11.7 Å². The van der Waals surface area contributed by atoms with Gasteiger partial charge < -0.3 is 15.3 Å². The highest BCUT2D eigenvalue weighted by Gasteiger charge is 2.12. The molecule has 51 heavy (non-hydrogen) atoms. The topological polar surface area (TPSA) is 77.8 Å². The van der Waals surface area contributed by atoms with Gasteiger partial charge in [-0.3, -0.25) is 0 Å². The maximum Gasteiger partial charge on any atom is 0.335 e. The first-order chi connectivity index (χ1) is 24.2. The summed E-state index contributed by atoms with van der Waals surface area (Å²) in [6.07, 6.45) is 34.4. The highest BCUT2D eigenvalue weighted by Crippen LogP contribution is 2.31. The summed E-state index contributed by atoms with van der Waals surface area (Å²) in [5, 5.41) is 29.1. The van der Waals surface area contributed by atoms with Crippen molar-refractivity contribution in [2.45, 2.75) is 159 Å². The molecule has 4 nitrogen and oxygen atoms in total. The molecule has 0 aliphatic carbocycles. The Kier molecular flexibility index (Phi) is 23.1. The minimum absolute atomic E-state index is 0.0321. The van der Waals surface area contributed by atoms with Crippen LogP contribution in [0.1, 0.15) is 168 Å². The summed E-state index contributed by atoms with van der Waals surface area (Å²) in [5.41, 5.74) is 11.8. The van der Waals surface area contributed by atoms with Crippen molar-refractivity contribution in [2.24, 2.45) is 0 Å². The molecule has 0 saturated carbocycles. The second kappa shape index (κ2) is 26.1. The Labute approximate surface area is 311 Å². The van der Waals surface area contributed by atoms with Gasteiger partial charge >= 0.3 is 5.97 Å². The molecule has 0 saturated heterocycles. The molecular weight excluding hydrogens is 629 g/mol. The molecular formula is C47H70O4. The van der Waals surface area contributed by atoms with Gasteiger partial charge in [-0.05, 0) is 171 Å². The van der Waals surface area contributed by atoms with Crippen LogP contribution in [0.4, 0.5) is 0 Å². The first-order valence-electron chi connectivity index (χ1n) is 19.2. The number of aromatic hydroxyl groups is 2. The predicted octanol–water partition coefficient (Wildman–Crippen LogP) is 14.4. The Hall–Kier alpha value is -3.79. The van der Waals surface area contributed by atoms with Crippen LogP contribution in [0, 0.1) is 0 Å². The van der Waals surface area contributed by atoms with Gasteiger partial charge in [0.15, 0.2) is 11.5 Å². The molecule has 0 fully saturated rings. The lowest BCUT2D eigenvalue weighted by Gasteiger charge is -2.07. The maximum absolute atomic E-state index is 11.3. The van der Waals surface area contributed by atoms with E-state index in [1.807, 2.05) is 13.0 Å². The van der Waals surface area contributed by atoms with Crippen molar-refractivity contribution in [3.63, 3.8) is 0 Å². The third kappa shape index (κ3) is 22.6. The average Bonchev–Trinajstić information content (AvgIpc) is 3.05. The standard InChI is InChI=1S/C47H70O4/c1-35(2)17-10-18-36(3)19-11-20-37(4)21-12-22-38(5)23-13-24-39(6)25-14-26-40(7)27-15-28-41(8)29-16-30-42(9)31-32-43-33-44(47(50)51)34-45(48)46(43)49/h17,19,21,23,25,27,29,31,33-34,48-49H,10-16,18,20,22,24,26,28,30,32H2,1-9H3,(H,50,51). The lowest BCUT2D eigenvalue weighted by molar-refractivity contribution is 0.0696. The van der Waals surface area contributed by atoms with Gasteiger partial charge in [0, 0.05) is 5.56 Å². The van der Waals surface area contributed by atoms with Gasteiger partial charge in [-0.15, -0.1) is 0 Å². The van der Waals surface area contributed by atoms with E-state index in [0.717, 1.165) is 95.1 Å². The number of hydrogen-bond donors (Lipinski definition) is 3. The number of carboxylic acid groups (broad SMARTS) is 1. The van der Waals surface area contributed by atoms with E-state index in [2.05, 4.69) is 97.9 Å². The maximum atomic E-state index is 11.3. The van der Waals surface area contributed by atoms with Gasteiger partial charge in [0.2, 0.25) is 0 Å². The van der Waals surface area contributed by atoms with Crippen LogP contribution in [0.3, 0.4) is 0 Å². The van der Waals surface area contributed by atoms with Crippen molar-refractivity contribution in [2.75, 3.05) is 0 Å².